The van der Waals surface area contributed by atoms with Crippen LogP contribution >= 0.6 is 27.3 Å². The van der Waals surface area contributed by atoms with Gasteiger partial charge in [-0.05, 0) is 95.4 Å². The van der Waals surface area contributed by atoms with Crippen LogP contribution in [0.4, 0.5) is 5.69 Å². The highest BCUT2D eigenvalue weighted by atomic mass is 79.9. The van der Waals surface area contributed by atoms with Crippen molar-refractivity contribution in [3.8, 4) is 11.5 Å². The van der Waals surface area contributed by atoms with Gasteiger partial charge in [0, 0.05) is 5.69 Å². The van der Waals surface area contributed by atoms with Crippen molar-refractivity contribution in [1.82, 2.24) is 4.57 Å². The summed E-state index contributed by atoms with van der Waals surface area (Å²) in [5.74, 6) is 1.08. The summed E-state index contributed by atoms with van der Waals surface area (Å²) in [5, 5.41) is 3.07. The van der Waals surface area contributed by atoms with Crippen molar-refractivity contribution in [2.75, 3.05) is 12.4 Å². The lowest BCUT2D eigenvalue weighted by atomic mass is 9.95. The highest BCUT2D eigenvalue weighted by molar-refractivity contribution is 9.10. The van der Waals surface area contributed by atoms with E-state index in [1.165, 1.54) is 11.3 Å². The lowest BCUT2D eigenvalue weighted by Gasteiger charge is -2.25. The van der Waals surface area contributed by atoms with E-state index in [1.54, 1.807) is 11.7 Å². The smallest absolute Gasteiger partial charge is 0.271 e. The van der Waals surface area contributed by atoms with E-state index >= 15 is 0 Å². The monoisotopic (exact) mass is 693 g/mol. The topological polar surface area (TPSA) is 81.9 Å². The maximum Gasteiger partial charge on any atom is 0.271 e. The third kappa shape index (κ3) is 6.47. The van der Waals surface area contributed by atoms with Gasteiger partial charge in [-0.3, -0.25) is 14.2 Å². The summed E-state index contributed by atoms with van der Waals surface area (Å²) in [5.41, 5.74) is 6.18. The zero-order chi connectivity index (χ0) is 32.4. The lowest BCUT2D eigenvalue weighted by Crippen LogP contribution is -2.40. The van der Waals surface area contributed by atoms with E-state index < -0.39 is 6.04 Å². The van der Waals surface area contributed by atoms with E-state index in [-0.39, 0.29) is 11.5 Å². The number of aromatic nitrogens is 1. The molecule has 6 rings (SSSR count). The molecule has 7 nitrogen and oxygen atoms in total. The number of anilines is 1. The number of aryl methyl sites for hydroxylation is 2. The van der Waals surface area contributed by atoms with Gasteiger partial charge in [-0.1, -0.05) is 77.6 Å². The second-order valence-electron chi connectivity index (χ2n) is 11.1. The van der Waals surface area contributed by atoms with Crippen molar-refractivity contribution < 1.29 is 14.3 Å². The van der Waals surface area contributed by atoms with Crippen LogP contribution in [0.1, 0.15) is 40.8 Å². The first kappa shape index (κ1) is 31.3. The number of hydrogen-bond acceptors (Lipinski definition) is 6. The van der Waals surface area contributed by atoms with Crippen LogP contribution in [0.15, 0.2) is 117 Å². The van der Waals surface area contributed by atoms with Gasteiger partial charge >= 0.3 is 0 Å². The van der Waals surface area contributed by atoms with Crippen LogP contribution in [0.2, 0.25) is 0 Å². The number of nitrogens with one attached hydrogen (secondary N) is 1. The SMILES string of the molecule is COc1ccc([C@@H]2C(C(=O)Nc3ccc(C)cc3C)=C(C)N=c3s/c(=C/c4ccc(OCc5ccccc5)c(Br)c4)c(=O)n32)cc1. The van der Waals surface area contributed by atoms with Crippen molar-refractivity contribution in [3.63, 3.8) is 0 Å². The molecule has 1 aromatic heterocycles. The number of allylic oxidation sites excluding steroid dienone is 1. The molecule has 1 atom stereocenters. The Morgan fingerprint density at radius 3 is 2.46 bits per heavy atom. The predicted octanol–water partition coefficient (Wildman–Crippen LogP) is 6.84. The summed E-state index contributed by atoms with van der Waals surface area (Å²) in [4.78, 5) is 33.4. The fourth-order valence-electron chi connectivity index (χ4n) is 5.47. The molecule has 2 heterocycles. The molecule has 4 aromatic carbocycles. The average Bonchev–Trinajstić information content (AvgIpc) is 3.35. The van der Waals surface area contributed by atoms with E-state index in [0.717, 1.165) is 32.3 Å². The summed E-state index contributed by atoms with van der Waals surface area (Å²) >= 11 is 4.92. The van der Waals surface area contributed by atoms with E-state index in [9.17, 15) is 9.59 Å². The predicted molar refractivity (Wildman–Crippen MR) is 186 cm³/mol. The highest BCUT2D eigenvalue weighted by Gasteiger charge is 2.32. The van der Waals surface area contributed by atoms with Gasteiger partial charge in [0.2, 0.25) is 0 Å². The van der Waals surface area contributed by atoms with Gasteiger partial charge in [0.1, 0.15) is 18.1 Å². The van der Waals surface area contributed by atoms with E-state index in [0.29, 0.717) is 44.4 Å². The first-order valence-electron chi connectivity index (χ1n) is 14.7. The molecular formula is C37H32BrN3O4S. The van der Waals surface area contributed by atoms with Gasteiger partial charge in [-0.2, -0.15) is 0 Å². The molecule has 1 aliphatic heterocycles. The van der Waals surface area contributed by atoms with Gasteiger partial charge < -0.3 is 14.8 Å². The largest absolute Gasteiger partial charge is 0.497 e. The minimum absolute atomic E-state index is 0.227. The quantitative estimate of drug-likeness (QED) is 0.193. The van der Waals surface area contributed by atoms with Crippen LogP contribution in [0.5, 0.6) is 11.5 Å². The minimum Gasteiger partial charge on any atom is -0.497 e. The third-order valence-electron chi connectivity index (χ3n) is 7.82. The van der Waals surface area contributed by atoms with Gasteiger partial charge in [-0.25, -0.2) is 4.99 Å². The van der Waals surface area contributed by atoms with Gasteiger partial charge in [-0.15, -0.1) is 0 Å². The van der Waals surface area contributed by atoms with Crippen molar-refractivity contribution in [1.29, 1.82) is 0 Å². The molecule has 0 radical (unpaired) electrons. The van der Waals surface area contributed by atoms with Crippen molar-refractivity contribution in [2.24, 2.45) is 4.99 Å². The Morgan fingerprint density at radius 2 is 1.76 bits per heavy atom. The third-order valence-corrected chi connectivity index (χ3v) is 9.42. The summed E-state index contributed by atoms with van der Waals surface area (Å²) < 4.78 is 14.3. The van der Waals surface area contributed by atoms with Crippen LogP contribution in [-0.4, -0.2) is 17.6 Å². The molecular weight excluding hydrogens is 662 g/mol. The summed E-state index contributed by atoms with van der Waals surface area (Å²) in [6.45, 7) is 6.23. The number of amides is 1. The minimum atomic E-state index is -0.685. The number of fused-ring (bicyclic) bond motifs is 1. The molecule has 0 saturated heterocycles. The zero-order valence-corrected chi connectivity index (χ0v) is 28.2. The Bertz CT molecular complexity index is 2150. The highest BCUT2D eigenvalue weighted by Crippen LogP contribution is 2.32. The normalized spacial score (nSPS) is 14.5. The molecule has 5 aromatic rings. The number of methoxy groups -OCH3 is 1. The average molecular weight is 695 g/mol. The molecule has 46 heavy (non-hydrogen) atoms. The molecule has 1 N–H and O–H groups in total. The number of carbonyl (C=O) groups excluding carboxylic acids is 1. The van der Waals surface area contributed by atoms with E-state index in [1.807, 2.05) is 118 Å². The lowest BCUT2D eigenvalue weighted by molar-refractivity contribution is -0.113. The summed E-state index contributed by atoms with van der Waals surface area (Å²) in [6.07, 6.45) is 1.84. The molecule has 0 aliphatic carbocycles. The number of hydrogen-bond donors (Lipinski definition) is 1. The molecule has 0 fully saturated rings. The Morgan fingerprint density at radius 1 is 1.00 bits per heavy atom. The van der Waals surface area contributed by atoms with Crippen LogP contribution < -0.4 is 29.7 Å². The molecule has 0 saturated carbocycles. The second kappa shape index (κ2) is 13.3. The Hall–Kier alpha value is -4.73. The molecule has 0 unspecified atom stereocenters. The van der Waals surface area contributed by atoms with Gasteiger partial charge in [0.05, 0.1) is 33.4 Å². The van der Waals surface area contributed by atoms with Gasteiger partial charge in [0.15, 0.2) is 4.80 Å². The second-order valence-corrected chi connectivity index (χ2v) is 13.0. The first-order valence-corrected chi connectivity index (χ1v) is 16.3. The standard InChI is InChI=1S/C37H32BrN3O4S/c1-22-10-16-30(23(2)18-22)40-35(42)33-24(3)39-37-41(34(33)27-12-14-28(44-4)15-13-27)36(43)32(46-37)20-26-11-17-31(29(38)19-26)45-21-25-8-6-5-7-9-25/h5-20,34H,21H2,1-4H3,(H,40,42)/b32-20+/t34-/m1/s1. The number of thiazole rings is 1. The maximum atomic E-state index is 14.1. The van der Waals surface area contributed by atoms with Crippen LogP contribution in [0, 0.1) is 13.8 Å². The number of rotatable bonds is 8. The fourth-order valence-corrected chi connectivity index (χ4v) is 7.03. The molecule has 0 spiro atoms. The fraction of sp³-hybridized carbons (Fsp3) is 0.162. The van der Waals surface area contributed by atoms with E-state index in [4.69, 9.17) is 14.5 Å². The van der Waals surface area contributed by atoms with Crippen molar-refractivity contribution >= 4 is 44.9 Å². The molecule has 1 amide bonds. The first-order chi connectivity index (χ1) is 22.2. The number of carbonyl (C=O) groups is 1. The zero-order valence-electron chi connectivity index (χ0n) is 25.8. The Labute approximate surface area is 279 Å². The van der Waals surface area contributed by atoms with Crippen LogP contribution in [0.3, 0.4) is 0 Å². The Balaban J connectivity index is 1.38. The number of ether oxygens (including phenoxy) is 2. The number of benzene rings is 4. The number of nitrogens with zero attached hydrogens (tertiary/aromatic N) is 2. The van der Waals surface area contributed by atoms with E-state index in [2.05, 4.69) is 21.2 Å². The van der Waals surface area contributed by atoms with Crippen molar-refractivity contribution in [3.05, 3.63) is 154 Å². The Kier molecular flexibility index (Phi) is 9.05. The number of halogens is 1. The molecule has 232 valence electrons. The van der Waals surface area contributed by atoms with Crippen LogP contribution in [-0.2, 0) is 11.4 Å². The molecule has 1 aliphatic rings. The van der Waals surface area contributed by atoms with Crippen molar-refractivity contribution in [2.45, 2.75) is 33.4 Å². The summed E-state index contributed by atoms with van der Waals surface area (Å²) in [6, 6.07) is 28.3. The van der Waals surface area contributed by atoms with Crippen LogP contribution in [0.25, 0.3) is 6.08 Å². The molecule has 9 heteroatoms. The van der Waals surface area contributed by atoms with Gasteiger partial charge in [0.25, 0.3) is 11.5 Å². The maximum absolute atomic E-state index is 14.1. The molecule has 0 bridgehead atoms. The summed E-state index contributed by atoms with van der Waals surface area (Å²) in [7, 11) is 1.60.